The molecule has 0 aliphatic carbocycles. The molecular weight excluding hydrogens is 362 g/mol. The lowest BCUT2D eigenvalue weighted by atomic mass is 9.97. The van der Waals surface area contributed by atoms with Gasteiger partial charge in [0.25, 0.3) is 0 Å². The van der Waals surface area contributed by atoms with Crippen LogP contribution in [-0.2, 0) is 11.3 Å². The molecule has 0 aliphatic heterocycles. The molecule has 0 bridgehead atoms. The minimum absolute atomic E-state index is 0.00752. The fourth-order valence-electron chi connectivity index (χ4n) is 3.42. The van der Waals surface area contributed by atoms with Gasteiger partial charge in [-0.05, 0) is 49.6 Å². The van der Waals surface area contributed by atoms with Gasteiger partial charge < -0.3 is 10.1 Å². The van der Waals surface area contributed by atoms with Crippen molar-refractivity contribution in [1.82, 2.24) is 15.1 Å². The summed E-state index contributed by atoms with van der Waals surface area (Å²) in [6, 6.07) is 17.6. The molecule has 3 aromatic rings. The first-order valence-corrected chi connectivity index (χ1v) is 9.90. The van der Waals surface area contributed by atoms with Crippen LogP contribution in [0.5, 0.6) is 5.75 Å². The van der Waals surface area contributed by atoms with E-state index >= 15 is 0 Å². The average molecular weight is 392 g/mol. The number of ether oxygens (including phenoxy) is 1. The normalized spacial score (nSPS) is 13.0. The molecule has 0 fully saturated rings. The molecule has 2 atom stereocenters. The lowest BCUT2D eigenvalue weighted by molar-refractivity contribution is -0.125. The van der Waals surface area contributed by atoms with Gasteiger partial charge in [-0.3, -0.25) is 9.48 Å². The van der Waals surface area contributed by atoms with Crippen LogP contribution in [0, 0.1) is 26.7 Å². The topological polar surface area (TPSA) is 56.1 Å². The summed E-state index contributed by atoms with van der Waals surface area (Å²) in [4.78, 5) is 13.1. The Morgan fingerprint density at radius 2 is 1.76 bits per heavy atom. The first kappa shape index (κ1) is 20.6. The number of carbonyl (C=O) groups is 1. The van der Waals surface area contributed by atoms with Gasteiger partial charge in [0.2, 0.25) is 5.91 Å². The highest BCUT2D eigenvalue weighted by atomic mass is 16.5. The van der Waals surface area contributed by atoms with Crippen molar-refractivity contribution >= 4 is 5.91 Å². The molecule has 152 valence electrons. The van der Waals surface area contributed by atoms with Gasteiger partial charge in [-0.2, -0.15) is 5.10 Å². The lowest BCUT2D eigenvalue weighted by Gasteiger charge is -2.23. The second kappa shape index (κ2) is 8.95. The van der Waals surface area contributed by atoms with Crippen molar-refractivity contribution in [2.75, 3.05) is 7.11 Å². The van der Waals surface area contributed by atoms with E-state index in [9.17, 15) is 4.79 Å². The van der Waals surface area contributed by atoms with Crippen molar-refractivity contribution in [3.05, 3.63) is 82.7 Å². The van der Waals surface area contributed by atoms with Gasteiger partial charge in [0.1, 0.15) is 5.75 Å². The smallest absolute Gasteiger partial charge is 0.225 e. The second-order valence-corrected chi connectivity index (χ2v) is 7.51. The quantitative estimate of drug-likeness (QED) is 0.651. The highest BCUT2D eigenvalue weighted by molar-refractivity contribution is 5.79. The number of aromatic nitrogens is 2. The SMILES string of the molecule is COc1cccc([C@@H](NC(=O)[C@H](C)Cn2nc(C)c(C)c2C)c2ccccc2)c1. The largest absolute Gasteiger partial charge is 0.497 e. The molecule has 5 heteroatoms. The van der Waals surface area contributed by atoms with Crippen molar-refractivity contribution in [3.8, 4) is 5.75 Å². The maximum absolute atomic E-state index is 13.1. The van der Waals surface area contributed by atoms with Gasteiger partial charge in [-0.1, -0.05) is 49.4 Å². The van der Waals surface area contributed by atoms with Gasteiger partial charge in [-0.25, -0.2) is 0 Å². The van der Waals surface area contributed by atoms with E-state index in [1.54, 1.807) is 7.11 Å². The number of carbonyl (C=O) groups excluding carboxylic acids is 1. The number of nitrogens with one attached hydrogen (secondary N) is 1. The summed E-state index contributed by atoms with van der Waals surface area (Å²) in [7, 11) is 1.65. The van der Waals surface area contributed by atoms with Crippen molar-refractivity contribution in [2.24, 2.45) is 5.92 Å². The zero-order valence-corrected chi connectivity index (χ0v) is 17.8. The molecule has 1 aromatic heterocycles. The third-order valence-electron chi connectivity index (χ3n) is 5.48. The summed E-state index contributed by atoms with van der Waals surface area (Å²) in [5, 5.41) is 7.80. The van der Waals surface area contributed by atoms with Gasteiger partial charge in [0.05, 0.1) is 31.3 Å². The summed E-state index contributed by atoms with van der Waals surface area (Å²) in [6.45, 7) is 8.59. The van der Waals surface area contributed by atoms with E-state index in [-0.39, 0.29) is 17.9 Å². The number of rotatable bonds is 7. The molecule has 1 N–H and O–H groups in total. The number of amides is 1. The number of aryl methyl sites for hydroxylation is 1. The molecule has 0 radical (unpaired) electrons. The molecule has 3 rings (SSSR count). The Morgan fingerprint density at radius 3 is 2.38 bits per heavy atom. The Kier molecular flexibility index (Phi) is 6.37. The van der Waals surface area contributed by atoms with E-state index in [4.69, 9.17) is 4.74 Å². The standard InChI is InChI=1S/C24H29N3O2/c1-16(15-27-19(4)17(2)18(3)26-27)24(28)25-23(20-10-7-6-8-11-20)21-12-9-13-22(14-21)29-5/h6-14,16,23H,15H2,1-5H3,(H,25,28)/t16-,23+/m1/s1. The molecule has 0 spiro atoms. The minimum Gasteiger partial charge on any atom is -0.497 e. The molecule has 1 heterocycles. The monoisotopic (exact) mass is 391 g/mol. The average Bonchev–Trinajstić information content (AvgIpc) is 2.98. The second-order valence-electron chi connectivity index (χ2n) is 7.51. The summed E-state index contributed by atoms with van der Waals surface area (Å²) in [5.41, 5.74) is 5.31. The molecular formula is C24H29N3O2. The van der Waals surface area contributed by atoms with Crippen molar-refractivity contribution in [1.29, 1.82) is 0 Å². The Balaban J connectivity index is 1.83. The third-order valence-corrected chi connectivity index (χ3v) is 5.48. The predicted octanol–water partition coefficient (Wildman–Crippen LogP) is 4.36. The Bertz CT molecular complexity index is 979. The van der Waals surface area contributed by atoms with Crippen LogP contribution in [-0.4, -0.2) is 22.8 Å². The highest BCUT2D eigenvalue weighted by Gasteiger charge is 2.22. The van der Waals surface area contributed by atoms with E-state index in [1.807, 2.05) is 80.1 Å². The van der Waals surface area contributed by atoms with Crippen LogP contribution in [0.2, 0.25) is 0 Å². The fraction of sp³-hybridized carbons (Fsp3) is 0.333. The van der Waals surface area contributed by atoms with Crippen molar-refractivity contribution in [2.45, 2.75) is 40.3 Å². The van der Waals surface area contributed by atoms with Crippen molar-refractivity contribution < 1.29 is 9.53 Å². The molecule has 5 nitrogen and oxygen atoms in total. The van der Waals surface area contributed by atoms with Crippen LogP contribution in [0.3, 0.4) is 0 Å². The van der Waals surface area contributed by atoms with Crippen molar-refractivity contribution in [3.63, 3.8) is 0 Å². The van der Waals surface area contributed by atoms with E-state index in [0.29, 0.717) is 6.54 Å². The van der Waals surface area contributed by atoms with E-state index < -0.39 is 0 Å². The summed E-state index contributed by atoms with van der Waals surface area (Å²) in [6.07, 6.45) is 0. The molecule has 0 saturated carbocycles. The summed E-state index contributed by atoms with van der Waals surface area (Å²) < 4.78 is 7.30. The first-order chi connectivity index (χ1) is 13.9. The molecule has 0 unspecified atom stereocenters. The number of benzene rings is 2. The molecule has 1 amide bonds. The summed E-state index contributed by atoms with van der Waals surface area (Å²) >= 11 is 0. The Labute approximate surface area is 172 Å². The lowest BCUT2D eigenvalue weighted by Crippen LogP contribution is -2.35. The van der Waals surface area contributed by atoms with E-state index in [1.165, 1.54) is 5.56 Å². The molecule has 29 heavy (non-hydrogen) atoms. The minimum atomic E-state index is -0.247. The molecule has 2 aromatic carbocycles. The van der Waals surface area contributed by atoms with Crippen LogP contribution < -0.4 is 10.1 Å². The number of methoxy groups -OCH3 is 1. The maximum Gasteiger partial charge on any atom is 0.225 e. The van der Waals surface area contributed by atoms with Crippen LogP contribution in [0.25, 0.3) is 0 Å². The first-order valence-electron chi connectivity index (χ1n) is 9.90. The molecule has 0 aliphatic rings. The third kappa shape index (κ3) is 4.67. The Hall–Kier alpha value is -3.08. The maximum atomic E-state index is 13.1. The number of hydrogen-bond donors (Lipinski definition) is 1. The number of hydrogen-bond acceptors (Lipinski definition) is 3. The zero-order chi connectivity index (χ0) is 21.0. The summed E-state index contributed by atoms with van der Waals surface area (Å²) in [5.74, 6) is 0.542. The Morgan fingerprint density at radius 1 is 1.07 bits per heavy atom. The zero-order valence-electron chi connectivity index (χ0n) is 17.8. The van der Waals surface area contributed by atoms with Gasteiger partial charge >= 0.3 is 0 Å². The van der Waals surface area contributed by atoms with Gasteiger partial charge in [-0.15, -0.1) is 0 Å². The van der Waals surface area contributed by atoms with Crippen LogP contribution in [0.4, 0.5) is 0 Å². The van der Waals surface area contributed by atoms with E-state index in [0.717, 1.165) is 28.3 Å². The van der Waals surface area contributed by atoms with Gasteiger partial charge in [0, 0.05) is 5.69 Å². The van der Waals surface area contributed by atoms with Gasteiger partial charge in [0.15, 0.2) is 0 Å². The molecule has 0 saturated heterocycles. The highest BCUT2D eigenvalue weighted by Crippen LogP contribution is 2.26. The predicted molar refractivity (Wildman–Crippen MR) is 115 cm³/mol. The van der Waals surface area contributed by atoms with E-state index in [2.05, 4.69) is 17.3 Å². The van der Waals surface area contributed by atoms with Crippen LogP contribution in [0.1, 0.15) is 41.0 Å². The number of nitrogens with zero attached hydrogens (tertiary/aromatic N) is 2. The fourth-order valence-corrected chi connectivity index (χ4v) is 3.42. The van der Waals surface area contributed by atoms with Crippen LogP contribution >= 0.6 is 0 Å². The van der Waals surface area contributed by atoms with Crippen LogP contribution in [0.15, 0.2) is 54.6 Å².